The van der Waals surface area contributed by atoms with Crippen LogP contribution in [0.1, 0.15) is 0 Å². The quantitative estimate of drug-likeness (QED) is 0.474. The Bertz CT molecular complexity index is 525. The Kier molecular flexibility index (Phi) is 3.07. The Morgan fingerprint density at radius 1 is 0.824 bits per heavy atom. The smallest absolute Gasteiger partial charge is 0.260 e. The molecule has 0 spiro atoms. The molecule has 2 rings (SSSR count). The Balaban J connectivity index is 2.64. The molecule has 86 valence electrons. The van der Waals surface area contributed by atoms with Gasteiger partial charge in [0.25, 0.3) is 0 Å². The van der Waals surface area contributed by atoms with Crippen molar-refractivity contribution in [1.82, 2.24) is 0 Å². The van der Waals surface area contributed by atoms with Crippen LogP contribution in [0.2, 0.25) is 0 Å². The third kappa shape index (κ3) is 1.99. The summed E-state index contributed by atoms with van der Waals surface area (Å²) in [6.07, 6.45) is 0. The van der Waals surface area contributed by atoms with Crippen LogP contribution < -0.4 is 10.6 Å². The van der Waals surface area contributed by atoms with Crippen LogP contribution in [0.5, 0.6) is 0 Å². The largest absolute Gasteiger partial charge is 0.431 e. The normalized spacial score (nSPS) is 11.1. The van der Waals surface area contributed by atoms with Crippen molar-refractivity contribution in [2.75, 3.05) is 0 Å². The van der Waals surface area contributed by atoms with Crippen LogP contribution in [0.4, 0.5) is 0 Å². The number of rotatable bonds is 3. The van der Waals surface area contributed by atoms with Crippen molar-refractivity contribution in [2.24, 2.45) is 0 Å². The van der Waals surface area contributed by atoms with Crippen LogP contribution in [-0.4, -0.2) is 4.69 Å². The van der Waals surface area contributed by atoms with Gasteiger partial charge in [0.15, 0.2) is 0 Å². The van der Waals surface area contributed by atoms with Gasteiger partial charge in [0.05, 0.1) is 15.3 Å². The molecule has 5 heteroatoms. The Hall–Kier alpha value is -1.93. The highest BCUT2D eigenvalue weighted by Crippen LogP contribution is 2.42. The van der Waals surface area contributed by atoms with E-state index in [2.05, 4.69) is 0 Å². The Morgan fingerprint density at radius 2 is 1.18 bits per heavy atom. The summed E-state index contributed by atoms with van der Waals surface area (Å²) >= 11 is 0. The van der Waals surface area contributed by atoms with Gasteiger partial charge in [-0.25, -0.2) is 4.57 Å². The van der Waals surface area contributed by atoms with E-state index in [1.807, 2.05) is 0 Å². The molecule has 0 amide bonds. The molecule has 0 saturated carbocycles. The van der Waals surface area contributed by atoms with Gasteiger partial charge in [0.2, 0.25) is 0 Å². The molecular formula is C12H10NO3P. The van der Waals surface area contributed by atoms with Crippen LogP contribution >= 0.6 is 7.29 Å². The third-order valence-corrected chi connectivity index (χ3v) is 4.90. The fourth-order valence-corrected chi connectivity index (χ4v) is 3.43. The first kappa shape index (κ1) is 11.6. The Morgan fingerprint density at radius 3 is 1.47 bits per heavy atom. The predicted molar refractivity (Wildman–Crippen MR) is 66.8 cm³/mol. The van der Waals surface area contributed by atoms with Gasteiger partial charge in [0.1, 0.15) is 0 Å². The fraction of sp³-hybridized carbons (Fsp3) is 0. The number of benzene rings is 2. The SMILES string of the molecule is O=[N+]([O-])P(=O)(c1ccccc1)c1ccccc1. The lowest BCUT2D eigenvalue weighted by Crippen LogP contribution is -2.21. The minimum Gasteiger partial charge on any atom is -0.260 e. The zero-order chi connectivity index (χ0) is 12.3. The van der Waals surface area contributed by atoms with Gasteiger partial charge < -0.3 is 0 Å². The predicted octanol–water partition coefficient (Wildman–Crippen LogP) is 2.19. The number of hydrogen-bond acceptors (Lipinski definition) is 3. The first-order valence-electron chi connectivity index (χ1n) is 5.02. The zero-order valence-corrected chi connectivity index (χ0v) is 9.79. The molecule has 2 aromatic rings. The maximum Gasteiger partial charge on any atom is 0.431 e. The minimum atomic E-state index is -3.77. The van der Waals surface area contributed by atoms with Gasteiger partial charge >= 0.3 is 7.29 Å². The standard InChI is InChI=1S/C12H10NO3P/c14-13(15)17(16,11-7-3-1-4-8-11)12-9-5-2-6-10-12/h1-10H. The molecule has 17 heavy (non-hydrogen) atoms. The van der Waals surface area contributed by atoms with E-state index in [0.717, 1.165) is 0 Å². The lowest BCUT2D eigenvalue weighted by Gasteiger charge is -2.09. The lowest BCUT2D eigenvalue weighted by molar-refractivity contribution is -0.308. The van der Waals surface area contributed by atoms with Crippen molar-refractivity contribution in [3.63, 3.8) is 0 Å². The van der Waals surface area contributed by atoms with Gasteiger partial charge in [-0.05, 0) is 24.3 Å². The van der Waals surface area contributed by atoms with Gasteiger partial charge in [-0.3, -0.25) is 10.1 Å². The minimum absolute atomic E-state index is 0.246. The summed E-state index contributed by atoms with van der Waals surface area (Å²) in [4.78, 5) is 11.2. The summed E-state index contributed by atoms with van der Waals surface area (Å²) in [7, 11) is -3.77. The molecule has 0 aliphatic rings. The van der Waals surface area contributed by atoms with Crippen molar-refractivity contribution < 1.29 is 9.26 Å². The van der Waals surface area contributed by atoms with E-state index in [9.17, 15) is 14.7 Å². The van der Waals surface area contributed by atoms with Gasteiger partial charge in [-0.2, -0.15) is 0 Å². The second-order valence-corrected chi connectivity index (χ2v) is 6.00. The molecule has 0 bridgehead atoms. The van der Waals surface area contributed by atoms with Gasteiger partial charge in [0, 0.05) is 0 Å². The molecule has 0 aromatic heterocycles. The maximum absolute atomic E-state index is 12.6. The molecule has 0 atom stereocenters. The van der Waals surface area contributed by atoms with E-state index < -0.39 is 12.0 Å². The highest BCUT2D eigenvalue weighted by Gasteiger charge is 2.40. The fourth-order valence-electron chi connectivity index (χ4n) is 1.60. The van der Waals surface area contributed by atoms with Crippen LogP contribution in [0.3, 0.4) is 0 Å². The first-order valence-corrected chi connectivity index (χ1v) is 6.68. The van der Waals surface area contributed by atoms with E-state index in [1.165, 1.54) is 24.3 Å². The van der Waals surface area contributed by atoms with Crippen molar-refractivity contribution >= 4 is 17.9 Å². The van der Waals surface area contributed by atoms with E-state index >= 15 is 0 Å². The average molecular weight is 247 g/mol. The summed E-state index contributed by atoms with van der Waals surface area (Å²) in [5.41, 5.74) is 0. The number of hydrogen-bond donors (Lipinski definition) is 0. The first-order chi connectivity index (χ1) is 8.15. The van der Waals surface area contributed by atoms with E-state index in [-0.39, 0.29) is 10.6 Å². The van der Waals surface area contributed by atoms with Gasteiger partial charge in [-0.15, -0.1) is 0 Å². The molecule has 2 aromatic carbocycles. The van der Waals surface area contributed by atoms with Crippen molar-refractivity contribution in [3.05, 3.63) is 70.8 Å². The molecule has 0 aliphatic heterocycles. The maximum atomic E-state index is 12.6. The Labute approximate surface area is 98.5 Å². The average Bonchev–Trinajstić information content (AvgIpc) is 2.39. The summed E-state index contributed by atoms with van der Waals surface area (Å²) in [5, 5.41) is 11.7. The summed E-state index contributed by atoms with van der Waals surface area (Å²) < 4.78 is 11.9. The molecule has 0 heterocycles. The van der Waals surface area contributed by atoms with Crippen LogP contribution in [0.15, 0.2) is 60.7 Å². The molecule has 0 fully saturated rings. The second-order valence-electron chi connectivity index (χ2n) is 3.48. The second kappa shape index (κ2) is 4.52. The highest BCUT2D eigenvalue weighted by molar-refractivity contribution is 7.73. The van der Waals surface area contributed by atoms with Crippen LogP contribution in [0.25, 0.3) is 0 Å². The molecule has 0 unspecified atom stereocenters. The van der Waals surface area contributed by atoms with Crippen molar-refractivity contribution in [1.29, 1.82) is 0 Å². The van der Waals surface area contributed by atoms with Gasteiger partial charge in [-0.1, -0.05) is 36.4 Å². The van der Waals surface area contributed by atoms with E-state index in [4.69, 9.17) is 0 Å². The highest BCUT2D eigenvalue weighted by atomic mass is 31.2. The zero-order valence-electron chi connectivity index (χ0n) is 8.89. The summed E-state index contributed by atoms with van der Waals surface area (Å²) in [6, 6.07) is 16.2. The molecule has 0 radical (unpaired) electrons. The molecular weight excluding hydrogens is 237 g/mol. The third-order valence-electron chi connectivity index (χ3n) is 2.44. The monoisotopic (exact) mass is 247 g/mol. The molecule has 4 nitrogen and oxygen atoms in total. The molecule has 0 aliphatic carbocycles. The number of nitro groups is 1. The van der Waals surface area contributed by atoms with Crippen LogP contribution in [0, 0.1) is 10.1 Å². The van der Waals surface area contributed by atoms with E-state index in [0.29, 0.717) is 0 Å². The van der Waals surface area contributed by atoms with E-state index in [1.54, 1.807) is 36.4 Å². The summed E-state index contributed by atoms with van der Waals surface area (Å²) in [5.74, 6) is 0. The van der Waals surface area contributed by atoms with Crippen LogP contribution in [-0.2, 0) is 4.57 Å². The molecule has 0 N–H and O–H groups in total. The molecule has 0 saturated heterocycles. The van der Waals surface area contributed by atoms with Crippen molar-refractivity contribution in [3.8, 4) is 0 Å². The number of nitrogens with zero attached hydrogens (tertiary/aromatic N) is 1. The topological polar surface area (TPSA) is 60.2 Å². The van der Waals surface area contributed by atoms with Crippen molar-refractivity contribution in [2.45, 2.75) is 0 Å². The summed E-state index contributed by atoms with van der Waals surface area (Å²) in [6.45, 7) is 0. The lowest BCUT2D eigenvalue weighted by atomic mass is 10.4.